The molecule has 0 bridgehead atoms. The third-order valence-corrected chi connectivity index (χ3v) is 4.81. The van der Waals surface area contributed by atoms with Gasteiger partial charge in [0.1, 0.15) is 5.82 Å². The first-order valence-electron chi connectivity index (χ1n) is 7.70. The van der Waals surface area contributed by atoms with Crippen molar-refractivity contribution in [3.05, 3.63) is 39.5 Å². The zero-order chi connectivity index (χ0) is 15.9. The standard InChI is InChI=1S/C17H21Cl2N3/c1-17(2,3)15-11-7-4-5-10-20-16(11)22(21-15)13-9-6-8-12(18)14(13)19/h6,8-9,20H,4-5,7,10H2,1-3H3. The minimum atomic E-state index is -0.00754. The highest BCUT2D eigenvalue weighted by Crippen LogP contribution is 2.37. The summed E-state index contributed by atoms with van der Waals surface area (Å²) in [5.74, 6) is 1.06. The number of nitrogens with zero attached hydrogens (tertiary/aromatic N) is 2. The molecule has 0 fully saturated rings. The first kappa shape index (κ1) is 15.7. The molecule has 1 aliphatic rings. The van der Waals surface area contributed by atoms with Crippen LogP contribution in [-0.2, 0) is 11.8 Å². The summed E-state index contributed by atoms with van der Waals surface area (Å²) in [5.41, 5.74) is 3.26. The number of aromatic nitrogens is 2. The largest absolute Gasteiger partial charge is 0.370 e. The molecule has 0 spiro atoms. The van der Waals surface area contributed by atoms with E-state index in [1.807, 2.05) is 16.8 Å². The number of hydrogen-bond acceptors (Lipinski definition) is 2. The molecule has 2 aromatic rings. The van der Waals surface area contributed by atoms with Gasteiger partial charge in [0.25, 0.3) is 0 Å². The minimum Gasteiger partial charge on any atom is -0.370 e. The number of rotatable bonds is 1. The lowest BCUT2D eigenvalue weighted by atomic mass is 9.88. The van der Waals surface area contributed by atoms with Crippen LogP contribution in [0.15, 0.2) is 18.2 Å². The Morgan fingerprint density at radius 2 is 1.95 bits per heavy atom. The number of hydrogen-bond donors (Lipinski definition) is 1. The molecule has 0 saturated heterocycles. The van der Waals surface area contributed by atoms with Gasteiger partial charge < -0.3 is 5.32 Å². The molecule has 1 aromatic heterocycles. The molecule has 1 N–H and O–H groups in total. The molecule has 5 heteroatoms. The summed E-state index contributed by atoms with van der Waals surface area (Å²) < 4.78 is 1.93. The van der Waals surface area contributed by atoms with Crippen LogP contribution in [0.5, 0.6) is 0 Å². The van der Waals surface area contributed by atoms with Crippen LogP contribution in [0.2, 0.25) is 10.0 Å². The Morgan fingerprint density at radius 1 is 1.18 bits per heavy atom. The molecule has 0 radical (unpaired) electrons. The number of anilines is 1. The highest BCUT2D eigenvalue weighted by Gasteiger charge is 2.28. The molecular weight excluding hydrogens is 317 g/mol. The van der Waals surface area contributed by atoms with Crippen molar-refractivity contribution in [1.82, 2.24) is 9.78 Å². The monoisotopic (exact) mass is 337 g/mol. The normalized spacial score (nSPS) is 15.1. The van der Waals surface area contributed by atoms with Crippen LogP contribution in [0.25, 0.3) is 5.69 Å². The SMILES string of the molecule is CC(C)(C)c1nn(-c2cccc(Cl)c2Cl)c2c1CCCCN2. The van der Waals surface area contributed by atoms with Gasteiger partial charge in [0, 0.05) is 17.5 Å². The number of fused-ring (bicyclic) bond motifs is 1. The van der Waals surface area contributed by atoms with Crippen LogP contribution in [-0.4, -0.2) is 16.3 Å². The second kappa shape index (κ2) is 5.78. The summed E-state index contributed by atoms with van der Waals surface area (Å²) in [6, 6.07) is 5.67. The number of nitrogens with one attached hydrogen (secondary N) is 1. The van der Waals surface area contributed by atoms with Gasteiger partial charge in [-0.05, 0) is 31.4 Å². The van der Waals surface area contributed by atoms with Gasteiger partial charge in [0.05, 0.1) is 21.4 Å². The third-order valence-electron chi connectivity index (χ3n) is 4.00. The molecule has 0 atom stereocenters. The highest BCUT2D eigenvalue weighted by atomic mass is 35.5. The maximum Gasteiger partial charge on any atom is 0.133 e. The molecule has 3 nitrogen and oxygen atoms in total. The van der Waals surface area contributed by atoms with Crippen molar-refractivity contribution >= 4 is 29.0 Å². The molecule has 3 rings (SSSR count). The number of halogens is 2. The van der Waals surface area contributed by atoms with Gasteiger partial charge in [0.2, 0.25) is 0 Å². The zero-order valence-corrected chi connectivity index (χ0v) is 14.7. The van der Waals surface area contributed by atoms with E-state index in [1.54, 1.807) is 6.07 Å². The Morgan fingerprint density at radius 3 is 2.68 bits per heavy atom. The Kier molecular flexibility index (Phi) is 4.13. The number of benzene rings is 1. The van der Waals surface area contributed by atoms with Crippen molar-refractivity contribution in [2.75, 3.05) is 11.9 Å². The van der Waals surface area contributed by atoms with Crippen LogP contribution in [0.4, 0.5) is 5.82 Å². The van der Waals surface area contributed by atoms with E-state index < -0.39 is 0 Å². The smallest absolute Gasteiger partial charge is 0.133 e. The maximum absolute atomic E-state index is 6.41. The lowest BCUT2D eigenvalue weighted by Crippen LogP contribution is -2.15. The van der Waals surface area contributed by atoms with Gasteiger partial charge in [-0.3, -0.25) is 0 Å². The molecule has 0 amide bonds. The van der Waals surface area contributed by atoms with Gasteiger partial charge >= 0.3 is 0 Å². The summed E-state index contributed by atoms with van der Waals surface area (Å²) >= 11 is 12.6. The van der Waals surface area contributed by atoms with Crippen molar-refractivity contribution in [1.29, 1.82) is 0 Å². The quantitative estimate of drug-likeness (QED) is 0.772. The fourth-order valence-corrected chi connectivity index (χ4v) is 3.31. The molecule has 0 saturated carbocycles. The van der Waals surface area contributed by atoms with Crippen LogP contribution in [0, 0.1) is 0 Å². The van der Waals surface area contributed by atoms with E-state index in [0.717, 1.165) is 30.2 Å². The maximum atomic E-state index is 6.41. The van der Waals surface area contributed by atoms with E-state index in [-0.39, 0.29) is 5.41 Å². The van der Waals surface area contributed by atoms with Crippen molar-refractivity contribution in [3.8, 4) is 5.69 Å². The molecule has 22 heavy (non-hydrogen) atoms. The third kappa shape index (κ3) is 2.72. The van der Waals surface area contributed by atoms with Crippen molar-refractivity contribution < 1.29 is 0 Å². The lowest BCUT2D eigenvalue weighted by Gasteiger charge is -2.17. The summed E-state index contributed by atoms with van der Waals surface area (Å²) in [6.45, 7) is 7.56. The Balaban J connectivity index is 2.24. The summed E-state index contributed by atoms with van der Waals surface area (Å²) in [4.78, 5) is 0. The Labute approximate surface area is 141 Å². The molecule has 118 valence electrons. The minimum absolute atomic E-state index is 0.00754. The van der Waals surface area contributed by atoms with E-state index in [0.29, 0.717) is 10.0 Å². The van der Waals surface area contributed by atoms with E-state index >= 15 is 0 Å². The van der Waals surface area contributed by atoms with Gasteiger partial charge in [-0.1, -0.05) is 50.0 Å². The van der Waals surface area contributed by atoms with Crippen molar-refractivity contribution in [2.24, 2.45) is 0 Å². The van der Waals surface area contributed by atoms with Gasteiger partial charge in [-0.15, -0.1) is 0 Å². The van der Waals surface area contributed by atoms with E-state index in [4.69, 9.17) is 28.3 Å². The highest BCUT2D eigenvalue weighted by molar-refractivity contribution is 6.43. The predicted octanol–water partition coefficient (Wildman–Crippen LogP) is 5.22. The summed E-state index contributed by atoms with van der Waals surface area (Å²) in [6.07, 6.45) is 3.40. The van der Waals surface area contributed by atoms with Gasteiger partial charge in [0.15, 0.2) is 0 Å². The van der Waals surface area contributed by atoms with Crippen LogP contribution >= 0.6 is 23.2 Å². The van der Waals surface area contributed by atoms with E-state index in [2.05, 4.69) is 26.1 Å². The first-order valence-corrected chi connectivity index (χ1v) is 8.46. The molecule has 2 heterocycles. The molecule has 1 aromatic carbocycles. The van der Waals surface area contributed by atoms with Crippen LogP contribution in [0.3, 0.4) is 0 Å². The molecule has 0 unspecified atom stereocenters. The lowest BCUT2D eigenvalue weighted by molar-refractivity contribution is 0.552. The second-order valence-electron chi connectivity index (χ2n) is 6.79. The fraction of sp³-hybridized carbons (Fsp3) is 0.471. The molecule has 0 aliphatic carbocycles. The average Bonchev–Trinajstić information content (AvgIpc) is 2.65. The predicted molar refractivity (Wildman–Crippen MR) is 93.7 cm³/mol. The zero-order valence-electron chi connectivity index (χ0n) is 13.2. The van der Waals surface area contributed by atoms with Crippen LogP contribution < -0.4 is 5.32 Å². The average molecular weight is 338 g/mol. The second-order valence-corrected chi connectivity index (χ2v) is 7.58. The summed E-state index contributed by atoms with van der Waals surface area (Å²) in [7, 11) is 0. The van der Waals surface area contributed by atoms with Crippen LogP contribution in [0.1, 0.15) is 44.9 Å². The molecular formula is C17H21Cl2N3. The first-order chi connectivity index (χ1) is 10.4. The van der Waals surface area contributed by atoms with Gasteiger partial charge in [-0.25, -0.2) is 4.68 Å². The Hall–Kier alpha value is -1.19. The van der Waals surface area contributed by atoms with E-state index in [9.17, 15) is 0 Å². The van der Waals surface area contributed by atoms with E-state index in [1.165, 1.54) is 18.4 Å². The summed E-state index contributed by atoms with van der Waals surface area (Å²) in [5, 5.41) is 9.51. The fourth-order valence-electron chi connectivity index (χ4n) is 2.94. The van der Waals surface area contributed by atoms with Crippen molar-refractivity contribution in [2.45, 2.75) is 45.4 Å². The van der Waals surface area contributed by atoms with Crippen molar-refractivity contribution in [3.63, 3.8) is 0 Å². The molecule has 1 aliphatic heterocycles. The van der Waals surface area contributed by atoms with Gasteiger partial charge in [-0.2, -0.15) is 5.10 Å². The topological polar surface area (TPSA) is 29.9 Å². The Bertz CT molecular complexity index is 699.